The molecular weight excluding hydrogens is 385 g/mol. The van der Waals surface area contributed by atoms with Crippen molar-refractivity contribution in [3.63, 3.8) is 0 Å². The van der Waals surface area contributed by atoms with Gasteiger partial charge in [-0.3, -0.25) is 4.79 Å². The number of amides is 1. The fourth-order valence-electron chi connectivity index (χ4n) is 1.88. The van der Waals surface area contributed by atoms with Crippen LogP contribution in [0.15, 0.2) is 42.5 Å². The lowest BCUT2D eigenvalue weighted by Crippen LogP contribution is -2.20. The molecule has 0 saturated carbocycles. The molecule has 1 aliphatic rings. The van der Waals surface area contributed by atoms with Crippen molar-refractivity contribution in [2.75, 3.05) is 18.7 Å². The second-order valence-corrected chi connectivity index (χ2v) is 5.61. The predicted octanol–water partition coefficient (Wildman–Crippen LogP) is 3.04. The molecule has 1 N–H and O–H groups in total. The number of benzene rings is 2. The number of rotatable bonds is 4. The summed E-state index contributed by atoms with van der Waals surface area (Å²) in [6.45, 7) is 0.150. The van der Waals surface area contributed by atoms with Gasteiger partial charge in [0, 0.05) is 15.3 Å². The van der Waals surface area contributed by atoms with Crippen LogP contribution < -0.4 is 19.5 Å². The van der Waals surface area contributed by atoms with Crippen LogP contribution in [0.3, 0.4) is 0 Å². The molecule has 2 aromatic rings. The van der Waals surface area contributed by atoms with E-state index in [4.69, 9.17) is 14.2 Å². The fourth-order valence-corrected chi connectivity index (χ4v) is 2.42. The first-order chi connectivity index (χ1) is 10.2. The van der Waals surface area contributed by atoms with E-state index in [0.717, 1.165) is 9.26 Å². The van der Waals surface area contributed by atoms with E-state index in [0.29, 0.717) is 17.2 Å². The average molecular weight is 397 g/mol. The summed E-state index contributed by atoms with van der Waals surface area (Å²) in [6, 6.07) is 12.8. The number of carbonyl (C=O) groups is 1. The highest BCUT2D eigenvalue weighted by Crippen LogP contribution is 2.35. The second kappa shape index (κ2) is 6.21. The van der Waals surface area contributed by atoms with E-state index in [9.17, 15) is 4.79 Å². The third kappa shape index (κ3) is 3.57. The highest BCUT2D eigenvalue weighted by atomic mass is 127. The number of hydrogen-bond donors (Lipinski definition) is 1. The Morgan fingerprint density at radius 3 is 2.90 bits per heavy atom. The standard InChI is InChI=1S/C15H12INO4/c16-10-2-1-3-11(6-10)17-15(18)8-19-12-4-5-13-14(7-12)21-9-20-13/h1-7H,8-9H2,(H,17,18). The van der Waals surface area contributed by atoms with Crippen molar-refractivity contribution in [2.24, 2.45) is 0 Å². The highest BCUT2D eigenvalue weighted by Gasteiger charge is 2.14. The smallest absolute Gasteiger partial charge is 0.262 e. The molecule has 0 aromatic heterocycles. The Bertz CT molecular complexity index is 674. The molecule has 0 bridgehead atoms. The summed E-state index contributed by atoms with van der Waals surface area (Å²) in [7, 11) is 0. The van der Waals surface area contributed by atoms with Gasteiger partial charge in [0.25, 0.3) is 5.91 Å². The van der Waals surface area contributed by atoms with Crippen molar-refractivity contribution in [3.05, 3.63) is 46.0 Å². The van der Waals surface area contributed by atoms with E-state index in [1.807, 2.05) is 24.3 Å². The molecule has 108 valence electrons. The Balaban J connectivity index is 1.56. The van der Waals surface area contributed by atoms with Crippen molar-refractivity contribution < 1.29 is 19.0 Å². The summed E-state index contributed by atoms with van der Waals surface area (Å²) in [5.74, 6) is 1.67. The van der Waals surface area contributed by atoms with Gasteiger partial charge in [-0.1, -0.05) is 6.07 Å². The molecule has 5 nitrogen and oxygen atoms in total. The minimum Gasteiger partial charge on any atom is -0.484 e. The number of hydrogen-bond acceptors (Lipinski definition) is 4. The molecule has 21 heavy (non-hydrogen) atoms. The molecule has 0 unspecified atom stereocenters. The monoisotopic (exact) mass is 397 g/mol. The highest BCUT2D eigenvalue weighted by molar-refractivity contribution is 14.1. The number of nitrogens with one attached hydrogen (secondary N) is 1. The van der Waals surface area contributed by atoms with Crippen molar-refractivity contribution in [1.29, 1.82) is 0 Å². The lowest BCUT2D eigenvalue weighted by molar-refractivity contribution is -0.118. The lowest BCUT2D eigenvalue weighted by Gasteiger charge is -2.08. The third-order valence-corrected chi connectivity index (χ3v) is 3.49. The first-order valence-corrected chi connectivity index (χ1v) is 7.36. The summed E-state index contributed by atoms with van der Waals surface area (Å²) >= 11 is 2.19. The van der Waals surface area contributed by atoms with E-state index in [1.165, 1.54) is 0 Å². The molecule has 1 aliphatic heterocycles. The van der Waals surface area contributed by atoms with Crippen LogP contribution in [-0.4, -0.2) is 19.3 Å². The summed E-state index contributed by atoms with van der Waals surface area (Å²) in [6.07, 6.45) is 0. The summed E-state index contributed by atoms with van der Waals surface area (Å²) in [5.41, 5.74) is 0.751. The Hall–Kier alpha value is -1.96. The molecule has 0 fully saturated rings. The SMILES string of the molecule is O=C(COc1ccc2c(c1)OCO2)Nc1cccc(I)c1. The van der Waals surface area contributed by atoms with Crippen molar-refractivity contribution in [1.82, 2.24) is 0 Å². The van der Waals surface area contributed by atoms with Gasteiger partial charge >= 0.3 is 0 Å². The minimum atomic E-state index is -0.213. The normalized spacial score (nSPS) is 12.0. The summed E-state index contributed by atoms with van der Waals surface area (Å²) in [4.78, 5) is 11.8. The van der Waals surface area contributed by atoms with Crippen LogP contribution in [0.1, 0.15) is 0 Å². The van der Waals surface area contributed by atoms with Gasteiger partial charge in [0.05, 0.1) is 0 Å². The predicted molar refractivity (Wildman–Crippen MR) is 85.8 cm³/mol. The van der Waals surface area contributed by atoms with E-state index in [1.54, 1.807) is 18.2 Å². The molecule has 3 rings (SSSR count). The van der Waals surface area contributed by atoms with Gasteiger partial charge in [-0.05, 0) is 52.9 Å². The molecular formula is C15H12INO4. The molecule has 0 atom stereocenters. The van der Waals surface area contributed by atoms with E-state index in [2.05, 4.69) is 27.9 Å². The quantitative estimate of drug-likeness (QED) is 0.807. The second-order valence-electron chi connectivity index (χ2n) is 4.36. The van der Waals surface area contributed by atoms with E-state index in [-0.39, 0.29) is 19.3 Å². The summed E-state index contributed by atoms with van der Waals surface area (Å²) < 4.78 is 17.0. The molecule has 0 spiro atoms. The Kier molecular flexibility index (Phi) is 4.14. The molecule has 1 heterocycles. The van der Waals surface area contributed by atoms with Crippen LogP contribution in [0.5, 0.6) is 17.2 Å². The third-order valence-electron chi connectivity index (χ3n) is 2.82. The van der Waals surface area contributed by atoms with Crippen LogP contribution >= 0.6 is 22.6 Å². The van der Waals surface area contributed by atoms with Gasteiger partial charge in [0.1, 0.15) is 5.75 Å². The number of carbonyl (C=O) groups excluding carboxylic acids is 1. The number of ether oxygens (including phenoxy) is 3. The van der Waals surface area contributed by atoms with Crippen LogP contribution in [-0.2, 0) is 4.79 Å². The van der Waals surface area contributed by atoms with Gasteiger partial charge in [0.15, 0.2) is 18.1 Å². The van der Waals surface area contributed by atoms with Crippen LogP contribution in [0.4, 0.5) is 5.69 Å². The van der Waals surface area contributed by atoms with Crippen LogP contribution in [0.2, 0.25) is 0 Å². The maximum Gasteiger partial charge on any atom is 0.262 e. The van der Waals surface area contributed by atoms with Gasteiger partial charge < -0.3 is 19.5 Å². The van der Waals surface area contributed by atoms with Gasteiger partial charge in [-0.2, -0.15) is 0 Å². The molecule has 2 aromatic carbocycles. The zero-order valence-corrected chi connectivity index (χ0v) is 13.1. The number of anilines is 1. The van der Waals surface area contributed by atoms with E-state index >= 15 is 0 Å². The molecule has 0 radical (unpaired) electrons. The van der Waals surface area contributed by atoms with Gasteiger partial charge in [-0.15, -0.1) is 0 Å². The Morgan fingerprint density at radius 1 is 1.19 bits per heavy atom. The molecule has 0 saturated heterocycles. The first-order valence-electron chi connectivity index (χ1n) is 6.28. The fraction of sp³-hybridized carbons (Fsp3) is 0.133. The van der Waals surface area contributed by atoms with Crippen molar-refractivity contribution in [2.45, 2.75) is 0 Å². The number of fused-ring (bicyclic) bond motifs is 1. The zero-order chi connectivity index (χ0) is 14.7. The van der Waals surface area contributed by atoms with E-state index < -0.39 is 0 Å². The topological polar surface area (TPSA) is 56.8 Å². The first kappa shape index (κ1) is 14.0. The molecule has 1 amide bonds. The summed E-state index contributed by atoms with van der Waals surface area (Å²) in [5, 5.41) is 2.78. The minimum absolute atomic E-state index is 0.0644. The Labute approximate surface area is 135 Å². The maximum atomic E-state index is 11.8. The van der Waals surface area contributed by atoms with Gasteiger partial charge in [-0.25, -0.2) is 0 Å². The largest absolute Gasteiger partial charge is 0.484 e. The zero-order valence-electron chi connectivity index (χ0n) is 11.0. The van der Waals surface area contributed by atoms with Crippen molar-refractivity contribution in [3.8, 4) is 17.2 Å². The molecule has 6 heteroatoms. The van der Waals surface area contributed by atoms with Crippen LogP contribution in [0.25, 0.3) is 0 Å². The maximum absolute atomic E-state index is 11.8. The van der Waals surface area contributed by atoms with Crippen molar-refractivity contribution >= 4 is 34.2 Å². The van der Waals surface area contributed by atoms with Crippen LogP contribution in [0, 0.1) is 3.57 Å². The van der Waals surface area contributed by atoms with Gasteiger partial charge in [0.2, 0.25) is 6.79 Å². The number of halogens is 1. The average Bonchev–Trinajstić information content (AvgIpc) is 2.92. The molecule has 0 aliphatic carbocycles. The lowest BCUT2D eigenvalue weighted by atomic mass is 10.3. The Morgan fingerprint density at radius 2 is 2.05 bits per heavy atom.